The third kappa shape index (κ3) is 3.12. The van der Waals surface area contributed by atoms with Gasteiger partial charge in [0, 0.05) is 26.0 Å². The van der Waals surface area contributed by atoms with Crippen molar-refractivity contribution in [2.45, 2.75) is 12.9 Å². The van der Waals surface area contributed by atoms with Crippen molar-refractivity contribution in [1.82, 2.24) is 19.4 Å². The first-order valence-electron chi connectivity index (χ1n) is 8.47. The molecule has 3 aromatic rings. The largest absolute Gasteiger partial charge is 0.356 e. The highest BCUT2D eigenvalue weighted by atomic mass is 32.1. The second kappa shape index (κ2) is 7.06. The quantitative estimate of drug-likeness (QED) is 0.689. The lowest BCUT2D eigenvalue weighted by molar-refractivity contribution is -0.116. The topological polar surface area (TPSA) is 104 Å². The summed E-state index contributed by atoms with van der Waals surface area (Å²) in [5, 5.41) is 12.9. The maximum Gasteiger partial charge on any atom is 0.277 e. The van der Waals surface area contributed by atoms with E-state index in [1.807, 2.05) is 24.3 Å². The van der Waals surface area contributed by atoms with Crippen LogP contribution in [-0.4, -0.2) is 56.8 Å². The minimum Gasteiger partial charge on any atom is -0.356 e. The van der Waals surface area contributed by atoms with Gasteiger partial charge in [-0.2, -0.15) is 0 Å². The maximum absolute atomic E-state index is 12.5. The molecule has 9 nitrogen and oxygen atoms in total. The molecule has 1 aliphatic rings. The lowest BCUT2D eigenvalue weighted by Crippen LogP contribution is -2.52. The zero-order chi connectivity index (χ0) is 19.8. The molecule has 2 aromatic heterocycles. The summed E-state index contributed by atoms with van der Waals surface area (Å²) in [5.41, 5.74) is 3.72. The Hall–Kier alpha value is -3.24. The number of nitrogens with zero attached hydrogens (tertiary/aromatic N) is 5. The Morgan fingerprint density at radius 3 is 2.68 bits per heavy atom. The minimum absolute atomic E-state index is 0.0670. The van der Waals surface area contributed by atoms with Gasteiger partial charge in [0.2, 0.25) is 12.3 Å². The zero-order valence-corrected chi connectivity index (χ0v) is 16.1. The van der Waals surface area contributed by atoms with Gasteiger partial charge in [-0.3, -0.25) is 19.5 Å². The Labute approximate surface area is 164 Å². The number of amides is 2. The summed E-state index contributed by atoms with van der Waals surface area (Å²) in [5.74, 6) is -0.327. The predicted octanol–water partition coefficient (Wildman–Crippen LogP) is 1.44. The molecule has 1 aliphatic heterocycles. The number of benzene rings is 1. The first-order chi connectivity index (χ1) is 13.5. The normalized spacial score (nSPS) is 16.2. The van der Waals surface area contributed by atoms with E-state index in [1.165, 1.54) is 27.7 Å². The number of carbonyl (C=O) groups is 2. The van der Waals surface area contributed by atoms with Crippen LogP contribution in [0.5, 0.6) is 0 Å². The Kier molecular flexibility index (Phi) is 4.57. The van der Waals surface area contributed by atoms with Gasteiger partial charge in [0.25, 0.3) is 5.91 Å². The number of nitrogens with one attached hydrogen (secondary N) is 1. The summed E-state index contributed by atoms with van der Waals surface area (Å²) in [4.78, 5) is 36.9. The molecule has 0 saturated heterocycles. The zero-order valence-electron chi connectivity index (χ0n) is 15.2. The maximum atomic E-state index is 12.5. The van der Waals surface area contributed by atoms with Crippen molar-refractivity contribution in [3.63, 3.8) is 0 Å². The molecule has 28 heavy (non-hydrogen) atoms. The predicted molar refractivity (Wildman–Crippen MR) is 105 cm³/mol. The van der Waals surface area contributed by atoms with Crippen LogP contribution in [0.4, 0.5) is 11.5 Å². The van der Waals surface area contributed by atoms with Gasteiger partial charge < -0.3 is 19.9 Å². The molecule has 0 aliphatic carbocycles. The number of aliphatic hydroxyl groups excluding tert-OH is 1. The van der Waals surface area contributed by atoms with Crippen LogP contribution in [-0.2, 0) is 11.3 Å². The molecule has 3 heterocycles. The summed E-state index contributed by atoms with van der Waals surface area (Å²) in [6.45, 7) is -0.0670. The van der Waals surface area contributed by atoms with Crippen molar-refractivity contribution < 1.29 is 14.7 Å². The Morgan fingerprint density at radius 1 is 1.25 bits per heavy atom. The molecule has 1 aromatic carbocycles. The minimum atomic E-state index is -1.09. The van der Waals surface area contributed by atoms with Crippen LogP contribution in [0.2, 0.25) is 0 Å². The second-order valence-electron chi connectivity index (χ2n) is 6.41. The Morgan fingerprint density at radius 2 is 2.00 bits per heavy atom. The summed E-state index contributed by atoms with van der Waals surface area (Å²) < 4.78 is 1.48. The third-order valence-electron chi connectivity index (χ3n) is 4.57. The fourth-order valence-electron chi connectivity index (χ4n) is 3.04. The molecule has 144 valence electrons. The SMILES string of the molecule is CN1C(=O)c2c(ncn2CC(=O)Nc2ccc(-c3cncs3)cc2)N(C)C1O. The van der Waals surface area contributed by atoms with E-state index in [0.29, 0.717) is 11.5 Å². The summed E-state index contributed by atoms with van der Waals surface area (Å²) in [6, 6.07) is 7.47. The van der Waals surface area contributed by atoms with E-state index in [2.05, 4.69) is 15.3 Å². The first kappa shape index (κ1) is 18.1. The summed E-state index contributed by atoms with van der Waals surface area (Å²) in [7, 11) is 3.13. The highest BCUT2D eigenvalue weighted by Gasteiger charge is 2.36. The smallest absolute Gasteiger partial charge is 0.277 e. The Bertz CT molecular complexity index is 1010. The number of aliphatic hydroxyl groups is 1. The molecule has 2 amide bonds. The van der Waals surface area contributed by atoms with Gasteiger partial charge in [0.1, 0.15) is 6.54 Å². The van der Waals surface area contributed by atoms with E-state index in [1.54, 1.807) is 30.1 Å². The standard InChI is InChI=1S/C18H18N6O3S/c1-22-16-15(17(26)23(2)18(22)27)24(9-20-16)8-14(25)21-12-5-3-11(4-6-12)13-7-19-10-28-13/h3-7,9-10,18,27H,8H2,1-2H3,(H,21,25). The first-order valence-corrected chi connectivity index (χ1v) is 9.35. The van der Waals surface area contributed by atoms with Crippen LogP contribution in [0.25, 0.3) is 10.4 Å². The van der Waals surface area contributed by atoms with Gasteiger partial charge in [0.05, 0.1) is 16.7 Å². The molecule has 2 N–H and O–H groups in total. The number of fused-ring (bicyclic) bond motifs is 1. The third-order valence-corrected chi connectivity index (χ3v) is 5.39. The van der Waals surface area contributed by atoms with Crippen molar-refractivity contribution in [3.05, 3.63) is 48.0 Å². The highest BCUT2D eigenvalue weighted by Crippen LogP contribution is 2.27. The molecule has 4 rings (SSSR count). The van der Waals surface area contributed by atoms with Crippen LogP contribution >= 0.6 is 11.3 Å². The molecule has 1 atom stereocenters. The average molecular weight is 398 g/mol. The molecule has 0 saturated carbocycles. The van der Waals surface area contributed by atoms with Crippen molar-refractivity contribution in [1.29, 1.82) is 0 Å². The molecule has 0 bridgehead atoms. The fraction of sp³-hybridized carbons (Fsp3) is 0.222. The lowest BCUT2D eigenvalue weighted by Gasteiger charge is -2.36. The van der Waals surface area contributed by atoms with Gasteiger partial charge >= 0.3 is 0 Å². The fourth-order valence-corrected chi connectivity index (χ4v) is 3.67. The van der Waals surface area contributed by atoms with E-state index in [0.717, 1.165) is 10.4 Å². The molecule has 1 unspecified atom stereocenters. The van der Waals surface area contributed by atoms with Crippen LogP contribution in [0.1, 0.15) is 10.5 Å². The number of imidazole rings is 1. The van der Waals surface area contributed by atoms with Crippen molar-refractivity contribution >= 4 is 34.7 Å². The molecule has 0 fully saturated rings. The number of thiazole rings is 1. The number of aromatic nitrogens is 3. The van der Waals surface area contributed by atoms with Gasteiger partial charge in [-0.25, -0.2) is 4.98 Å². The van der Waals surface area contributed by atoms with E-state index in [4.69, 9.17) is 0 Å². The lowest BCUT2D eigenvalue weighted by atomic mass is 10.2. The van der Waals surface area contributed by atoms with Crippen molar-refractivity contribution in [2.24, 2.45) is 0 Å². The molecular weight excluding hydrogens is 380 g/mol. The van der Waals surface area contributed by atoms with Crippen molar-refractivity contribution in [2.75, 3.05) is 24.3 Å². The average Bonchev–Trinajstić information content (AvgIpc) is 3.35. The molecule has 0 radical (unpaired) electrons. The monoisotopic (exact) mass is 398 g/mol. The van der Waals surface area contributed by atoms with Gasteiger partial charge in [-0.1, -0.05) is 12.1 Å². The van der Waals surface area contributed by atoms with E-state index >= 15 is 0 Å². The summed E-state index contributed by atoms with van der Waals surface area (Å²) in [6.07, 6.45) is 2.13. The van der Waals surface area contributed by atoms with Crippen LogP contribution in [0, 0.1) is 0 Å². The molecular formula is C18H18N6O3S. The molecule has 10 heteroatoms. The van der Waals surface area contributed by atoms with Gasteiger partial charge in [-0.05, 0) is 17.7 Å². The Balaban J connectivity index is 1.48. The van der Waals surface area contributed by atoms with Crippen molar-refractivity contribution in [3.8, 4) is 10.4 Å². The highest BCUT2D eigenvalue weighted by molar-refractivity contribution is 7.13. The van der Waals surface area contributed by atoms with Gasteiger partial charge in [0.15, 0.2) is 11.5 Å². The summed E-state index contributed by atoms with van der Waals surface area (Å²) >= 11 is 1.55. The number of anilines is 2. The number of hydrogen-bond acceptors (Lipinski definition) is 7. The van der Waals surface area contributed by atoms with E-state index in [-0.39, 0.29) is 24.1 Å². The van der Waals surface area contributed by atoms with E-state index in [9.17, 15) is 14.7 Å². The van der Waals surface area contributed by atoms with Crippen LogP contribution in [0.3, 0.4) is 0 Å². The van der Waals surface area contributed by atoms with E-state index < -0.39 is 6.35 Å². The second-order valence-corrected chi connectivity index (χ2v) is 7.30. The number of rotatable bonds is 4. The number of hydrogen-bond donors (Lipinski definition) is 2. The van der Waals surface area contributed by atoms with Crippen LogP contribution in [0.15, 0.2) is 42.3 Å². The van der Waals surface area contributed by atoms with Crippen LogP contribution < -0.4 is 10.2 Å². The number of carbonyl (C=O) groups excluding carboxylic acids is 2. The van der Waals surface area contributed by atoms with Gasteiger partial charge in [-0.15, -0.1) is 11.3 Å². The molecule has 0 spiro atoms.